The highest BCUT2D eigenvalue weighted by atomic mass is 31.2. The van der Waals surface area contributed by atoms with Crippen molar-refractivity contribution in [2.24, 2.45) is 5.92 Å². The molecule has 0 heterocycles. The van der Waals surface area contributed by atoms with E-state index in [0.717, 1.165) is 102 Å². The molecule has 0 aliphatic rings. The second-order valence-corrected chi connectivity index (χ2v) is 26.9. The van der Waals surface area contributed by atoms with Crippen molar-refractivity contribution in [1.82, 2.24) is 0 Å². The van der Waals surface area contributed by atoms with Crippen molar-refractivity contribution < 1.29 is 80.2 Å². The first-order valence-electron chi connectivity index (χ1n) is 34.1. The van der Waals surface area contributed by atoms with Crippen molar-refractivity contribution in [1.29, 1.82) is 0 Å². The Balaban J connectivity index is 5.17. The number of phosphoric acid groups is 2. The summed E-state index contributed by atoms with van der Waals surface area (Å²) in [5, 5.41) is 10.5. The zero-order chi connectivity index (χ0) is 62.0. The zero-order valence-electron chi connectivity index (χ0n) is 54.0. The van der Waals surface area contributed by atoms with Crippen LogP contribution in [0.2, 0.25) is 0 Å². The number of carbonyl (C=O) groups is 4. The first kappa shape index (κ1) is 82.1. The molecule has 0 fully saturated rings. The number of phosphoric ester groups is 2. The van der Waals surface area contributed by atoms with Crippen LogP contribution in [0.5, 0.6) is 0 Å². The Labute approximate surface area is 511 Å². The lowest BCUT2D eigenvalue weighted by Crippen LogP contribution is -2.30. The maximum atomic E-state index is 13.0. The van der Waals surface area contributed by atoms with Gasteiger partial charge in [-0.3, -0.25) is 37.3 Å². The fourth-order valence-corrected chi connectivity index (χ4v) is 11.3. The zero-order valence-corrected chi connectivity index (χ0v) is 55.8. The van der Waals surface area contributed by atoms with E-state index < -0.39 is 97.5 Å². The Kier molecular flexibility index (Phi) is 57.4. The van der Waals surface area contributed by atoms with Crippen molar-refractivity contribution in [2.45, 2.75) is 348 Å². The summed E-state index contributed by atoms with van der Waals surface area (Å²) in [7, 11) is -9.88. The van der Waals surface area contributed by atoms with Crippen LogP contribution in [0.4, 0.5) is 0 Å². The van der Waals surface area contributed by atoms with Crippen LogP contribution in [-0.4, -0.2) is 96.7 Å². The van der Waals surface area contributed by atoms with E-state index in [1.54, 1.807) is 0 Å². The highest BCUT2D eigenvalue weighted by molar-refractivity contribution is 7.47. The molecule has 0 aliphatic carbocycles. The molecular formula is C65H126O17P2. The molecule has 0 radical (unpaired) electrons. The highest BCUT2D eigenvalue weighted by Crippen LogP contribution is 2.45. The van der Waals surface area contributed by atoms with Gasteiger partial charge in [-0.15, -0.1) is 0 Å². The van der Waals surface area contributed by atoms with Crippen LogP contribution >= 0.6 is 15.6 Å². The first-order valence-corrected chi connectivity index (χ1v) is 37.1. The van der Waals surface area contributed by atoms with Gasteiger partial charge < -0.3 is 33.8 Å². The number of unbranched alkanes of at least 4 members (excludes halogenated alkanes) is 37. The molecule has 3 N–H and O–H groups in total. The number of carbonyl (C=O) groups excluding carboxylic acids is 4. The second-order valence-electron chi connectivity index (χ2n) is 24.0. The standard InChI is InChI=1S/C65H126O17P2/c1-6-9-12-15-17-19-21-22-23-24-27-32-36-41-46-51-65(70)82-61(55-76-63(68)49-44-39-34-31-28-25-26-29-33-38-42-47-58(4)5)57-80-84(73,74)78-53-59(66)52-77-83(71,72)79-56-60(54-75-62(67)48-43-37-14-11-8-3)81-64(69)50-45-40-35-30-20-18-16-13-10-7-2/h58-61,66H,6-57H2,1-5H3,(H,71,72)(H,73,74)/t59-,60+,61+/m0/s1. The predicted molar refractivity (Wildman–Crippen MR) is 335 cm³/mol. The molecule has 0 amide bonds. The summed E-state index contributed by atoms with van der Waals surface area (Å²) in [6, 6.07) is 0. The van der Waals surface area contributed by atoms with E-state index in [9.17, 15) is 43.2 Å². The van der Waals surface area contributed by atoms with Gasteiger partial charge in [-0.1, -0.05) is 279 Å². The summed E-state index contributed by atoms with van der Waals surface area (Å²) < 4.78 is 67.9. The number of esters is 4. The van der Waals surface area contributed by atoms with Gasteiger partial charge in [0.1, 0.15) is 19.3 Å². The molecule has 0 rings (SSSR count). The third-order valence-electron chi connectivity index (χ3n) is 15.0. The van der Waals surface area contributed by atoms with Crippen LogP contribution in [-0.2, 0) is 65.4 Å². The minimum Gasteiger partial charge on any atom is -0.462 e. The van der Waals surface area contributed by atoms with Crippen molar-refractivity contribution >= 4 is 39.5 Å². The first-order chi connectivity index (χ1) is 40.5. The van der Waals surface area contributed by atoms with E-state index in [-0.39, 0.29) is 25.7 Å². The normalized spacial score (nSPS) is 14.2. The second kappa shape index (κ2) is 58.7. The molecule has 0 bridgehead atoms. The van der Waals surface area contributed by atoms with E-state index in [4.69, 9.17) is 37.0 Å². The van der Waals surface area contributed by atoms with E-state index in [0.29, 0.717) is 25.7 Å². The predicted octanol–water partition coefficient (Wildman–Crippen LogP) is 18.2. The molecule has 0 spiro atoms. The highest BCUT2D eigenvalue weighted by Gasteiger charge is 2.30. The maximum Gasteiger partial charge on any atom is 0.472 e. The number of aliphatic hydroxyl groups is 1. The van der Waals surface area contributed by atoms with Crippen LogP contribution in [0.1, 0.15) is 330 Å². The van der Waals surface area contributed by atoms with Crippen molar-refractivity contribution in [3.8, 4) is 0 Å². The van der Waals surface area contributed by atoms with Gasteiger partial charge in [-0.2, -0.15) is 0 Å². The number of aliphatic hydroxyl groups excluding tert-OH is 1. The summed E-state index contributed by atoms with van der Waals surface area (Å²) in [5.74, 6) is -1.37. The van der Waals surface area contributed by atoms with Gasteiger partial charge in [0.15, 0.2) is 12.2 Å². The third kappa shape index (κ3) is 59.0. The molecule has 84 heavy (non-hydrogen) atoms. The maximum absolute atomic E-state index is 13.0. The van der Waals surface area contributed by atoms with Crippen LogP contribution in [0.3, 0.4) is 0 Å². The van der Waals surface area contributed by atoms with Gasteiger partial charge in [-0.25, -0.2) is 9.13 Å². The van der Waals surface area contributed by atoms with Crippen LogP contribution in [0, 0.1) is 5.92 Å². The number of hydrogen-bond acceptors (Lipinski definition) is 15. The molecule has 5 atom stereocenters. The SMILES string of the molecule is CCCCCCCCCCCCCCCCCC(=O)O[C@H](COC(=O)CCCCCCCCCCCCCC(C)C)COP(=O)(O)OC[C@@H](O)COP(=O)(O)OC[C@@H](COC(=O)CCCCCCC)OC(=O)CCCCCCCCCCCC. The van der Waals surface area contributed by atoms with Crippen molar-refractivity contribution in [3.63, 3.8) is 0 Å². The number of rotatable bonds is 65. The smallest absolute Gasteiger partial charge is 0.462 e. The largest absolute Gasteiger partial charge is 0.472 e. The van der Waals surface area contributed by atoms with Crippen molar-refractivity contribution in [3.05, 3.63) is 0 Å². The lowest BCUT2D eigenvalue weighted by Gasteiger charge is -2.21. The fraction of sp³-hybridized carbons (Fsp3) is 0.938. The molecule has 0 aromatic heterocycles. The summed E-state index contributed by atoms with van der Waals surface area (Å²) in [4.78, 5) is 72.0. The van der Waals surface area contributed by atoms with Gasteiger partial charge in [0.2, 0.25) is 0 Å². The van der Waals surface area contributed by atoms with Crippen LogP contribution < -0.4 is 0 Å². The third-order valence-corrected chi connectivity index (χ3v) is 16.9. The van der Waals surface area contributed by atoms with Gasteiger partial charge in [-0.05, 0) is 31.6 Å². The Morgan fingerprint density at radius 1 is 0.321 bits per heavy atom. The summed E-state index contributed by atoms with van der Waals surface area (Å²) in [6.07, 6.45) is 43.3. The molecule has 498 valence electrons. The molecular weight excluding hydrogens is 1110 g/mol. The Bertz CT molecular complexity index is 1640. The Hall–Kier alpha value is -1.94. The topological polar surface area (TPSA) is 237 Å². The van der Waals surface area contributed by atoms with Gasteiger partial charge in [0.05, 0.1) is 26.4 Å². The average Bonchev–Trinajstić information content (AvgIpc) is 3.64. The summed E-state index contributed by atoms with van der Waals surface area (Å²) >= 11 is 0. The molecule has 2 unspecified atom stereocenters. The Morgan fingerprint density at radius 2 is 0.548 bits per heavy atom. The van der Waals surface area contributed by atoms with Crippen LogP contribution in [0.15, 0.2) is 0 Å². The molecule has 0 saturated carbocycles. The minimum absolute atomic E-state index is 0.106. The summed E-state index contributed by atoms with van der Waals surface area (Å²) in [5.41, 5.74) is 0. The fourth-order valence-electron chi connectivity index (χ4n) is 9.76. The monoisotopic (exact) mass is 1240 g/mol. The van der Waals surface area contributed by atoms with E-state index in [2.05, 4.69) is 34.6 Å². The molecule has 0 aliphatic heterocycles. The van der Waals surface area contributed by atoms with E-state index in [1.165, 1.54) is 148 Å². The molecule has 0 aromatic carbocycles. The molecule has 0 saturated heterocycles. The summed E-state index contributed by atoms with van der Waals surface area (Å²) in [6.45, 7) is 7.12. The number of ether oxygens (including phenoxy) is 4. The molecule has 19 heteroatoms. The molecule has 0 aromatic rings. The van der Waals surface area contributed by atoms with Gasteiger partial charge >= 0.3 is 39.5 Å². The van der Waals surface area contributed by atoms with Gasteiger partial charge in [0.25, 0.3) is 0 Å². The molecule has 17 nitrogen and oxygen atoms in total. The van der Waals surface area contributed by atoms with Crippen molar-refractivity contribution in [2.75, 3.05) is 39.6 Å². The number of hydrogen-bond donors (Lipinski definition) is 3. The van der Waals surface area contributed by atoms with E-state index >= 15 is 0 Å². The average molecular weight is 1240 g/mol. The van der Waals surface area contributed by atoms with Gasteiger partial charge in [0, 0.05) is 25.7 Å². The lowest BCUT2D eigenvalue weighted by molar-refractivity contribution is -0.161. The Morgan fingerprint density at radius 3 is 0.810 bits per heavy atom. The minimum atomic E-state index is -4.94. The van der Waals surface area contributed by atoms with E-state index in [1.807, 2.05) is 0 Å². The quantitative estimate of drug-likeness (QED) is 0.0222. The lowest BCUT2D eigenvalue weighted by atomic mass is 10.0. The van der Waals surface area contributed by atoms with Crippen LogP contribution in [0.25, 0.3) is 0 Å².